The van der Waals surface area contributed by atoms with Gasteiger partial charge in [0.25, 0.3) is 0 Å². The van der Waals surface area contributed by atoms with Crippen LogP contribution in [0.5, 0.6) is 0 Å². The molecule has 5 nitrogen and oxygen atoms in total. The van der Waals surface area contributed by atoms with Crippen molar-refractivity contribution in [2.24, 2.45) is 4.99 Å². The van der Waals surface area contributed by atoms with Crippen LogP contribution in [0.4, 0.5) is 0 Å². The molecule has 0 aliphatic heterocycles. The third kappa shape index (κ3) is 4.64. The molecule has 2 aromatic heterocycles. The lowest BCUT2D eigenvalue weighted by atomic mass is 10.2. The number of benzene rings is 1. The van der Waals surface area contributed by atoms with Gasteiger partial charge in [-0.15, -0.1) is 11.3 Å². The summed E-state index contributed by atoms with van der Waals surface area (Å²) in [6.07, 6.45) is 3.87. The number of para-hydroxylation sites is 1. The van der Waals surface area contributed by atoms with Crippen molar-refractivity contribution in [2.75, 3.05) is 13.1 Å². The van der Waals surface area contributed by atoms with Crippen molar-refractivity contribution in [3.8, 4) is 0 Å². The highest BCUT2D eigenvalue weighted by Crippen LogP contribution is 2.23. The van der Waals surface area contributed by atoms with Gasteiger partial charge in [-0.1, -0.05) is 25.1 Å². The monoisotopic (exact) mass is 370 g/mol. The number of nitrogens with zero attached hydrogens (tertiary/aromatic N) is 2. The fraction of sp³-hybridized carbons (Fsp3) is 0.400. The van der Waals surface area contributed by atoms with Crippen molar-refractivity contribution in [1.29, 1.82) is 0 Å². The van der Waals surface area contributed by atoms with Crippen molar-refractivity contribution in [3.63, 3.8) is 0 Å². The van der Waals surface area contributed by atoms with Gasteiger partial charge in [0.05, 0.1) is 11.0 Å². The van der Waals surface area contributed by atoms with E-state index in [0.717, 1.165) is 47.1 Å². The Morgan fingerprint density at radius 3 is 2.88 bits per heavy atom. The lowest BCUT2D eigenvalue weighted by Crippen LogP contribution is -2.38. The van der Waals surface area contributed by atoms with Crippen LogP contribution < -0.4 is 10.6 Å². The van der Waals surface area contributed by atoms with E-state index in [0.29, 0.717) is 6.54 Å². The normalized spacial score (nSPS) is 13.1. The van der Waals surface area contributed by atoms with Gasteiger partial charge in [0.1, 0.15) is 11.3 Å². The predicted molar refractivity (Wildman–Crippen MR) is 109 cm³/mol. The van der Waals surface area contributed by atoms with Gasteiger partial charge in [0, 0.05) is 36.0 Å². The van der Waals surface area contributed by atoms with Gasteiger partial charge < -0.3 is 15.1 Å². The number of hydrogen-bond donors (Lipinski definition) is 2. The van der Waals surface area contributed by atoms with Crippen molar-refractivity contribution in [2.45, 2.75) is 39.7 Å². The predicted octanol–water partition coefficient (Wildman–Crippen LogP) is 4.31. The first-order valence-corrected chi connectivity index (χ1v) is 9.98. The van der Waals surface area contributed by atoms with Crippen molar-refractivity contribution < 1.29 is 4.42 Å². The van der Waals surface area contributed by atoms with E-state index in [4.69, 9.17) is 4.42 Å². The molecule has 138 valence electrons. The number of fused-ring (bicyclic) bond motifs is 1. The number of nitrogens with one attached hydrogen (secondary N) is 2. The van der Waals surface area contributed by atoms with Gasteiger partial charge in [0.2, 0.25) is 0 Å². The topological polar surface area (TPSA) is 62.5 Å². The fourth-order valence-corrected chi connectivity index (χ4v) is 3.55. The molecule has 3 rings (SSSR count). The molecule has 26 heavy (non-hydrogen) atoms. The summed E-state index contributed by atoms with van der Waals surface area (Å²) in [5.41, 5.74) is 0.911. The quantitative estimate of drug-likeness (QED) is 0.480. The van der Waals surface area contributed by atoms with Crippen LogP contribution in [0.15, 0.2) is 45.9 Å². The van der Waals surface area contributed by atoms with Crippen LogP contribution in [0.1, 0.15) is 42.5 Å². The molecule has 0 fully saturated rings. The van der Waals surface area contributed by atoms with E-state index in [1.54, 1.807) is 11.3 Å². The summed E-state index contributed by atoms with van der Waals surface area (Å²) in [6, 6.07) is 10.2. The molecule has 1 aromatic carbocycles. The number of aromatic nitrogens is 1. The molecule has 2 heterocycles. The number of hydrogen-bond acceptors (Lipinski definition) is 4. The molecule has 0 radical (unpaired) electrons. The van der Waals surface area contributed by atoms with Gasteiger partial charge in [-0.25, -0.2) is 4.98 Å². The molecule has 3 aromatic rings. The highest BCUT2D eigenvalue weighted by Gasteiger charge is 2.13. The minimum Gasteiger partial charge on any atom is -0.459 e. The molecular formula is C20H26N4OS. The zero-order valence-corrected chi connectivity index (χ0v) is 16.4. The second kappa shape index (κ2) is 8.85. The van der Waals surface area contributed by atoms with Gasteiger partial charge in [-0.3, -0.25) is 4.99 Å². The summed E-state index contributed by atoms with van der Waals surface area (Å²) < 4.78 is 5.94. The second-order valence-corrected chi connectivity index (χ2v) is 7.34. The van der Waals surface area contributed by atoms with E-state index >= 15 is 0 Å². The molecular weight excluding hydrogens is 344 g/mol. The maximum atomic E-state index is 5.94. The summed E-state index contributed by atoms with van der Waals surface area (Å²) in [7, 11) is 0. The third-order valence-electron chi connectivity index (χ3n) is 4.11. The van der Waals surface area contributed by atoms with E-state index in [9.17, 15) is 0 Å². The zero-order chi connectivity index (χ0) is 18.4. The average molecular weight is 371 g/mol. The molecule has 0 spiro atoms. The largest absolute Gasteiger partial charge is 0.459 e. The van der Waals surface area contributed by atoms with Crippen LogP contribution in [-0.2, 0) is 12.8 Å². The number of aliphatic imine (C=N–C) groups is 1. The van der Waals surface area contributed by atoms with E-state index in [1.165, 1.54) is 4.88 Å². The molecule has 0 aliphatic carbocycles. The Hall–Kier alpha value is -2.34. The minimum absolute atomic E-state index is 0.0340. The number of guanidine groups is 1. The van der Waals surface area contributed by atoms with E-state index in [2.05, 4.69) is 53.5 Å². The van der Waals surface area contributed by atoms with Crippen LogP contribution in [0.3, 0.4) is 0 Å². The van der Waals surface area contributed by atoms with Crippen LogP contribution in [0.2, 0.25) is 0 Å². The van der Waals surface area contributed by atoms with Crippen LogP contribution >= 0.6 is 11.3 Å². The van der Waals surface area contributed by atoms with Crippen molar-refractivity contribution in [3.05, 3.63) is 52.2 Å². The standard InChI is InChI=1S/C20H26N4OS/c1-4-16-13-23-19(26-16)10-11-22-20(21-5-2)24-14(3)18-12-15-8-6-7-9-17(15)25-18/h6-9,12-14H,4-5,10-11H2,1-3H3,(H2,21,22,24). The van der Waals surface area contributed by atoms with Gasteiger partial charge in [-0.05, 0) is 32.4 Å². The van der Waals surface area contributed by atoms with Crippen LogP contribution in [-0.4, -0.2) is 24.0 Å². The summed E-state index contributed by atoms with van der Waals surface area (Å²) >= 11 is 1.77. The molecule has 0 saturated heterocycles. The molecule has 6 heteroatoms. The Kier molecular flexibility index (Phi) is 6.28. The second-order valence-electron chi connectivity index (χ2n) is 6.14. The maximum absolute atomic E-state index is 5.94. The molecule has 0 bridgehead atoms. The van der Waals surface area contributed by atoms with Crippen LogP contribution in [0, 0.1) is 0 Å². The number of furan rings is 1. The SMILES string of the molecule is CCNC(=NCCc1ncc(CC)s1)NC(C)c1cc2ccccc2o1. The summed E-state index contributed by atoms with van der Waals surface area (Å²) in [4.78, 5) is 10.5. The number of rotatable bonds is 7. The lowest BCUT2D eigenvalue weighted by Gasteiger charge is -2.16. The Bertz CT molecular complexity index is 834. The van der Waals surface area contributed by atoms with Crippen molar-refractivity contribution >= 4 is 28.3 Å². The smallest absolute Gasteiger partial charge is 0.191 e. The number of thiazole rings is 1. The van der Waals surface area contributed by atoms with E-state index in [1.807, 2.05) is 24.4 Å². The Morgan fingerprint density at radius 1 is 1.31 bits per heavy atom. The fourth-order valence-electron chi connectivity index (χ4n) is 2.70. The summed E-state index contributed by atoms with van der Waals surface area (Å²) in [5.74, 6) is 1.71. The summed E-state index contributed by atoms with van der Waals surface area (Å²) in [6.45, 7) is 7.83. The van der Waals surface area contributed by atoms with Gasteiger partial charge in [0.15, 0.2) is 5.96 Å². The zero-order valence-electron chi connectivity index (χ0n) is 15.6. The first kappa shape index (κ1) is 18.5. The molecule has 0 amide bonds. The maximum Gasteiger partial charge on any atom is 0.191 e. The molecule has 1 unspecified atom stereocenters. The first-order valence-electron chi connectivity index (χ1n) is 9.16. The average Bonchev–Trinajstić information content (AvgIpc) is 3.28. The highest BCUT2D eigenvalue weighted by molar-refractivity contribution is 7.11. The van der Waals surface area contributed by atoms with Crippen molar-refractivity contribution in [1.82, 2.24) is 15.6 Å². The Labute approximate surface area is 158 Å². The van der Waals surface area contributed by atoms with Gasteiger partial charge in [-0.2, -0.15) is 0 Å². The molecule has 0 saturated carbocycles. The first-order chi connectivity index (χ1) is 12.7. The third-order valence-corrected chi connectivity index (χ3v) is 5.32. The van der Waals surface area contributed by atoms with E-state index < -0.39 is 0 Å². The lowest BCUT2D eigenvalue weighted by molar-refractivity contribution is 0.488. The highest BCUT2D eigenvalue weighted by atomic mass is 32.1. The molecule has 2 N–H and O–H groups in total. The minimum atomic E-state index is 0.0340. The molecule has 1 atom stereocenters. The Morgan fingerprint density at radius 2 is 2.15 bits per heavy atom. The molecule has 0 aliphatic rings. The number of aryl methyl sites for hydroxylation is 1. The Balaban J connectivity index is 1.62. The van der Waals surface area contributed by atoms with Gasteiger partial charge >= 0.3 is 0 Å². The van der Waals surface area contributed by atoms with Crippen LogP contribution in [0.25, 0.3) is 11.0 Å². The van der Waals surface area contributed by atoms with E-state index in [-0.39, 0.29) is 6.04 Å². The summed E-state index contributed by atoms with van der Waals surface area (Å²) in [5, 5.41) is 8.99.